The molecule has 2 fully saturated rings. The van der Waals surface area contributed by atoms with Crippen molar-refractivity contribution in [3.05, 3.63) is 29.2 Å². The van der Waals surface area contributed by atoms with E-state index in [4.69, 9.17) is 0 Å². The van der Waals surface area contributed by atoms with Crippen LogP contribution >= 0.6 is 0 Å². The number of carbonyl (C=O) groups is 1. The Morgan fingerprint density at radius 1 is 1.17 bits per heavy atom. The van der Waals surface area contributed by atoms with Gasteiger partial charge < -0.3 is 15.6 Å². The number of rotatable bonds is 3. The van der Waals surface area contributed by atoms with Gasteiger partial charge >= 0.3 is 6.18 Å². The Balaban J connectivity index is 1.48. The van der Waals surface area contributed by atoms with Crippen molar-refractivity contribution in [2.24, 2.45) is 0 Å². The number of anilines is 1. The number of ketones is 1. The molecule has 2 aromatic rings. The smallest absolute Gasteiger partial charge is 0.358 e. The molecular weight excluding hydrogens is 395 g/mol. The molecule has 3 N–H and O–H groups in total. The van der Waals surface area contributed by atoms with Crippen LogP contribution in [0.25, 0.3) is 11.3 Å². The van der Waals surface area contributed by atoms with Crippen LogP contribution in [0, 0.1) is 0 Å². The standard InChI is InChI=1S/C21H24F3N5O/c22-21(23,24)15-11-26-19(28-12-5-6-20(7-8-20)27-9-12)29-17(15)14-10-25-18-13(14)3-1-2-4-16(18)30/h10-12,25,27H,1-9H2,(H,26,28,29). The fraction of sp³-hybridized carbons (Fsp3) is 0.571. The third kappa shape index (κ3) is 3.59. The number of nitrogens with zero attached hydrogens (tertiary/aromatic N) is 2. The molecule has 5 rings (SSSR count). The maximum atomic E-state index is 13.7. The number of hydrogen-bond donors (Lipinski definition) is 3. The number of hydrogen-bond acceptors (Lipinski definition) is 5. The number of alkyl halides is 3. The van der Waals surface area contributed by atoms with E-state index in [1.54, 1.807) is 0 Å². The Bertz CT molecular complexity index is 970. The largest absolute Gasteiger partial charge is 0.419 e. The van der Waals surface area contributed by atoms with Crippen LogP contribution in [-0.4, -0.2) is 38.9 Å². The fourth-order valence-electron chi connectivity index (χ4n) is 4.61. The van der Waals surface area contributed by atoms with Crippen LogP contribution in [0.3, 0.4) is 0 Å². The van der Waals surface area contributed by atoms with E-state index in [9.17, 15) is 18.0 Å². The first-order valence-electron chi connectivity index (χ1n) is 10.5. The van der Waals surface area contributed by atoms with Crippen molar-refractivity contribution in [1.29, 1.82) is 0 Å². The predicted molar refractivity (Wildman–Crippen MR) is 105 cm³/mol. The van der Waals surface area contributed by atoms with Gasteiger partial charge in [0.2, 0.25) is 5.95 Å². The molecule has 3 heterocycles. The van der Waals surface area contributed by atoms with Gasteiger partial charge in [-0.25, -0.2) is 9.97 Å². The van der Waals surface area contributed by atoms with Crippen molar-refractivity contribution in [2.45, 2.75) is 69.1 Å². The summed E-state index contributed by atoms with van der Waals surface area (Å²) in [5, 5.41) is 6.73. The number of piperidine rings is 1. The van der Waals surface area contributed by atoms with Gasteiger partial charge in [-0.05, 0) is 50.5 Å². The Kier molecular flexibility index (Phi) is 4.61. The van der Waals surface area contributed by atoms with Gasteiger partial charge in [0.1, 0.15) is 5.56 Å². The molecule has 1 unspecified atom stereocenters. The number of halogens is 3. The maximum Gasteiger partial charge on any atom is 0.419 e. The average Bonchev–Trinajstić information content (AvgIpc) is 3.38. The summed E-state index contributed by atoms with van der Waals surface area (Å²) in [7, 11) is 0. The molecule has 9 heteroatoms. The van der Waals surface area contributed by atoms with Crippen molar-refractivity contribution in [1.82, 2.24) is 20.3 Å². The van der Waals surface area contributed by atoms with E-state index in [1.165, 1.54) is 19.0 Å². The molecule has 1 spiro atoms. The molecule has 1 saturated carbocycles. The predicted octanol–water partition coefficient (Wildman–Crippen LogP) is 4.10. The molecule has 1 aliphatic heterocycles. The van der Waals surface area contributed by atoms with Crippen molar-refractivity contribution < 1.29 is 18.0 Å². The highest BCUT2D eigenvalue weighted by molar-refractivity contribution is 5.98. The quantitative estimate of drug-likeness (QED) is 0.653. The minimum absolute atomic E-state index is 0.0583. The molecule has 0 aromatic carbocycles. The molecule has 2 aliphatic carbocycles. The van der Waals surface area contributed by atoms with Crippen LogP contribution in [0.4, 0.5) is 19.1 Å². The SMILES string of the molecule is O=C1CCCCc2c(-c3nc(NC4CCC5(CC5)NC4)ncc3C(F)(F)F)c[nH]c21. The number of Topliss-reactive ketones (excluding diaryl/α,β-unsaturated/α-hetero) is 1. The second-order valence-corrected chi connectivity index (χ2v) is 8.68. The molecule has 0 radical (unpaired) electrons. The summed E-state index contributed by atoms with van der Waals surface area (Å²) < 4.78 is 41.2. The molecule has 0 amide bonds. The highest BCUT2D eigenvalue weighted by Crippen LogP contribution is 2.42. The number of carbonyl (C=O) groups excluding carboxylic acids is 1. The van der Waals surface area contributed by atoms with E-state index in [0.717, 1.165) is 38.4 Å². The number of fused-ring (bicyclic) bond motifs is 1. The Labute approximate surface area is 172 Å². The second kappa shape index (κ2) is 7.08. The molecule has 160 valence electrons. The lowest BCUT2D eigenvalue weighted by Crippen LogP contribution is -2.46. The first-order chi connectivity index (χ1) is 14.3. The van der Waals surface area contributed by atoms with Crippen molar-refractivity contribution in [3.63, 3.8) is 0 Å². The van der Waals surface area contributed by atoms with E-state index in [2.05, 4.69) is 25.6 Å². The minimum Gasteiger partial charge on any atom is -0.358 e. The normalized spacial score (nSPS) is 23.2. The van der Waals surface area contributed by atoms with Crippen molar-refractivity contribution in [3.8, 4) is 11.3 Å². The van der Waals surface area contributed by atoms with Crippen LogP contribution in [-0.2, 0) is 12.6 Å². The maximum absolute atomic E-state index is 13.7. The highest BCUT2D eigenvalue weighted by atomic mass is 19.4. The second-order valence-electron chi connectivity index (χ2n) is 8.68. The zero-order valence-electron chi connectivity index (χ0n) is 16.5. The highest BCUT2D eigenvalue weighted by Gasteiger charge is 2.45. The van der Waals surface area contributed by atoms with Gasteiger partial charge in [0.25, 0.3) is 0 Å². The van der Waals surface area contributed by atoms with Gasteiger partial charge in [0, 0.05) is 42.5 Å². The third-order valence-electron chi connectivity index (χ3n) is 6.58. The Hall–Kier alpha value is -2.42. The number of aromatic nitrogens is 3. The average molecular weight is 419 g/mol. The van der Waals surface area contributed by atoms with Gasteiger partial charge in [-0.1, -0.05) is 0 Å². The van der Waals surface area contributed by atoms with E-state index in [1.807, 2.05) is 0 Å². The van der Waals surface area contributed by atoms with Gasteiger partial charge in [-0.2, -0.15) is 13.2 Å². The molecule has 1 saturated heterocycles. The number of H-pyrrole nitrogens is 1. The van der Waals surface area contributed by atoms with Crippen LogP contribution < -0.4 is 10.6 Å². The monoisotopic (exact) mass is 419 g/mol. The Morgan fingerprint density at radius 2 is 1.97 bits per heavy atom. The van der Waals surface area contributed by atoms with E-state index >= 15 is 0 Å². The molecule has 30 heavy (non-hydrogen) atoms. The minimum atomic E-state index is -4.59. The lowest BCUT2D eigenvalue weighted by molar-refractivity contribution is -0.137. The summed E-state index contributed by atoms with van der Waals surface area (Å²) in [5.74, 6) is 0.128. The lowest BCUT2D eigenvalue weighted by atomic mass is 9.99. The summed E-state index contributed by atoms with van der Waals surface area (Å²) in [4.78, 5) is 23.5. The summed E-state index contributed by atoms with van der Waals surface area (Å²) in [5.41, 5.74) is 0.619. The van der Waals surface area contributed by atoms with E-state index in [0.29, 0.717) is 35.2 Å². The molecule has 0 bridgehead atoms. The van der Waals surface area contributed by atoms with Gasteiger partial charge in [-0.15, -0.1) is 0 Å². The van der Waals surface area contributed by atoms with Crippen molar-refractivity contribution in [2.75, 3.05) is 11.9 Å². The van der Waals surface area contributed by atoms with Crippen LogP contribution in [0.15, 0.2) is 12.4 Å². The van der Waals surface area contributed by atoms with E-state index < -0.39 is 11.7 Å². The van der Waals surface area contributed by atoms with E-state index in [-0.39, 0.29) is 23.5 Å². The zero-order chi connectivity index (χ0) is 20.9. The van der Waals surface area contributed by atoms with Crippen molar-refractivity contribution >= 4 is 11.7 Å². The summed E-state index contributed by atoms with van der Waals surface area (Å²) in [6.45, 7) is 0.744. The molecular formula is C21H24F3N5O. The first-order valence-corrected chi connectivity index (χ1v) is 10.5. The Morgan fingerprint density at radius 3 is 2.67 bits per heavy atom. The van der Waals surface area contributed by atoms with Gasteiger partial charge in [0.05, 0.1) is 11.4 Å². The molecule has 6 nitrogen and oxygen atoms in total. The summed E-state index contributed by atoms with van der Waals surface area (Å²) in [6.07, 6.45) is 4.57. The first kappa shape index (κ1) is 19.5. The number of nitrogens with one attached hydrogen (secondary N) is 3. The molecule has 3 aliphatic rings. The van der Waals surface area contributed by atoms with Gasteiger partial charge in [-0.3, -0.25) is 4.79 Å². The van der Waals surface area contributed by atoms with Crippen LogP contribution in [0.5, 0.6) is 0 Å². The topological polar surface area (TPSA) is 82.7 Å². The molecule has 1 atom stereocenters. The van der Waals surface area contributed by atoms with Gasteiger partial charge in [0.15, 0.2) is 5.78 Å². The molecule has 2 aromatic heterocycles. The summed E-state index contributed by atoms with van der Waals surface area (Å²) >= 11 is 0. The van der Waals surface area contributed by atoms with Crippen LogP contribution in [0.1, 0.15) is 66.6 Å². The fourth-order valence-corrected chi connectivity index (χ4v) is 4.61. The van der Waals surface area contributed by atoms with Crippen LogP contribution in [0.2, 0.25) is 0 Å². The summed E-state index contributed by atoms with van der Waals surface area (Å²) in [6, 6.07) is 0.0747. The number of aromatic amines is 1. The lowest BCUT2D eigenvalue weighted by Gasteiger charge is -2.30. The third-order valence-corrected chi connectivity index (χ3v) is 6.58. The zero-order valence-corrected chi connectivity index (χ0v) is 16.5.